The van der Waals surface area contributed by atoms with Gasteiger partial charge in [-0.3, -0.25) is 5.32 Å². The maximum absolute atomic E-state index is 13.3. The number of hydrogen-bond donors (Lipinski definition) is 1. The molecule has 0 saturated heterocycles. The largest absolute Gasteiger partial charge is 0.296 e. The molecule has 0 aliphatic rings. The minimum Gasteiger partial charge on any atom is -0.296 e. The van der Waals surface area contributed by atoms with Gasteiger partial charge in [-0.1, -0.05) is 18.2 Å². The van der Waals surface area contributed by atoms with Gasteiger partial charge in [0.15, 0.2) is 0 Å². The first-order valence-corrected chi connectivity index (χ1v) is 4.55. The van der Waals surface area contributed by atoms with E-state index >= 15 is 0 Å². The number of hydrogen-bond acceptors (Lipinski definition) is 2. The number of nitrogens with zero attached hydrogens (tertiary/aromatic N) is 1. The molecule has 0 fully saturated rings. The summed E-state index contributed by atoms with van der Waals surface area (Å²) in [5.74, 6) is -0.341. The van der Waals surface area contributed by atoms with Gasteiger partial charge in [0.1, 0.15) is 11.9 Å². The first kappa shape index (κ1) is 10.7. The molecule has 74 valence electrons. The Labute approximate surface area is 83.4 Å². The van der Waals surface area contributed by atoms with Crippen LogP contribution in [0.15, 0.2) is 24.3 Å². The second-order valence-corrected chi connectivity index (χ2v) is 3.40. The van der Waals surface area contributed by atoms with E-state index in [1.807, 2.05) is 19.9 Å². The van der Waals surface area contributed by atoms with Crippen molar-refractivity contribution in [3.63, 3.8) is 0 Å². The van der Waals surface area contributed by atoms with Crippen molar-refractivity contribution in [2.24, 2.45) is 0 Å². The van der Waals surface area contributed by atoms with Crippen molar-refractivity contribution in [2.45, 2.75) is 25.9 Å². The van der Waals surface area contributed by atoms with Crippen LogP contribution in [0.3, 0.4) is 0 Å². The molecule has 0 spiro atoms. The Morgan fingerprint density at radius 3 is 2.50 bits per heavy atom. The van der Waals surface area contributed by atoms with Gasteiger partial charge in [0, 0.05) is 11.6 Å². The fraction of sp³-hybridized carbons (Fsp3) is 0.364. The highest BCUT2D eigenvalue weighted by Gasteiger charge is 2.14. The third kappa shape index (κ3) is 2.54. The Hall–Kier alpha value is -1.40. The number of halogens is 1. The topological polar surface area (TPSA) is 35.8 Å². The maximum Gasteiger partial charge on any atom is 0.129 e. The molecule has 1 rings (SSSR count). The number of nitrogens with one attached hydrogen (secondary N) is 1. The normalized spacial score (nSPS) is 12.5. The fourth-order valence-corrected chi connectivity index (χ4v) is 1.24. The monoisotopic (exact) mass is 192 g/mol. The summed E-state index contributed by atoms with van der Waals surface area (Å²) >= 11 is 0. The molecule has 1 N–H and O–H groups in total. The zero-order valence-corrected chi connectivity index (χ0v) is 8.29. The van der Waals surface area contributed by atoms with Crippen molar-refractivity contribution in [1.82, 2.24) is 5.32 Å². The summed E-state index contributed by atoms with van der Waals surface area (Å²) in [6, 6.07) is 7.95. The van der Waals surface area contributed by atoms with Gasteiger partial charge in [-0.15, -0.1) is 0 Å². The molecule has 0 heterocycles. The van der Waals surface area contributed by atoms with Crippen LogP contribution in [0.25, 0.3) is 0 Å². The number of nitriles is 1. The smallest absolute Gasteiger partial charge is 0.129 e. The molecule has 0 aliphatic heterocycles. The van der Waals surface area contributed by atoms with E-state index in [-0.39, 0.29) is 11.9 Å². The van der Waals surface area contributed by atoms with Gasteiger partial charge in [0.2, 0.25) is 0 Å². The highest BCUT2D eigenvalue weighted by atomic mass is 19.1. The minimum absolute atomic E-state index is 0.152. The Balaban J connectivity index is 2.91. The number of rotatable bonds is 3. The molecule has 1 aromatic rings. The van der Waals surface area contributed by atoms with Gasteiger partial charge in [0.25, 0.3) is 0 Å². The molecule has 0 amide bonds. The molecular weight excluding hydrogens is 179 g/mol. The Morgan fingerprint density at radius 2 is 2.00 bits per heavy atom. The summed E-state index contributed by atoms with van der Waals surface area (Å²) in [6.45, 7) is 3.84. The zero-order valence-electron chi connectivity index (χ0n) is 8.29. The molecule has 2 nitrogen and oxygen atoms in total. The van der Waals surface area contributed by atoms with Crippen molar-refractivity contribution in [3.8, 4) is 6.07 Å². The van der Waals surface area contributed by atoms with E-state index in [9.17, 15) is 4.39 Å². The summed E-state index contributed by atoms with van der Waals surface area (Å²) in [5.41, 5.74) is 0.406. The lowest BCUT2D eigenvalue weighted by Gasteiger charge is -2.15. The van der Waals surface area contributed by atoms with Gasteiger partial charge in [-0.2, -0.15) is 5.26 Å². The molecule has 1 atom stereocenters. The van der Waals surface area contributed by atoms with Gasteiger partial charge >= 0.3 is 0 Å². The Bertz CT molecular complexity index is 341. The zero-order chi connectivity index (χ0) is 10.6. The van der Waals surface area contributed by atoms with Crippen LogP contribution in [-0.4, -0.2) is 6.04 Å². The van der Waals surface area contributed by atoms with Crippen LogP contribution in [-0.2, 0) is 0 Å². The predicted molar refractivity (Wildman–Crippen MR) is 53.0 cm³/mol. The van der Waals surface area contributed by atoms with Crippen LogP contribution in [0, 0.1) is 17.1 Å². The van der Waals surface area contributed by atoms with Crippen molar-refractivity contribution in [3.05, 3.63) is 35.6 Å². The molecule has 1 unspecified atom stereocenters. The van der Waals surface area contributed by atoms with Crippen LogP contribution in [0.5, 0.6) is 0 Å². The average molecular weight is 192 g/mol. The molecular formula is C11H13FN2. The standard InChI is InChI=1S/C11H13FN2/c1-8(2)14-11(7-13)9-5-3-4-6-10(9)12/h3-6,8,11,14H,1-2H3. The summed E-state index contributed by atoms with van der Waals surface area (Å²) in [5, 5.41) is 11.9. The van der Waals surface area contributed by atoms with Gasteiger partial charge < -0.3 is 0 Å². The molecule has 0 aliphatic carbocycles. The summed E-state index contributed by atoms with van der Waals surface area (Å²) in [4.78, 5) is 0. The molecule has 0 saturated carbocycles. The van der Waals surface area contributed by atoms with Crippen LogP contribution < -0.4 is 5.32 Å². The third-order valence-electron chi connectivity index (χ3n) is 1.85. The van der Waals surface area contributed by atoms with Gasteiger partial charge in [0.05, 0.1) is 6.07 Å². The molecule has 0 aromatic heterocycles. The Kier molecular flexibility index (Phi) is 3.61. The lowest BCUT2D eigenvalue weighted by atomic mass is 10.1. The van der Waals surface area contributed by atoms with Crippen molar-refractivity contribution in [2.75, 3.05) is 0 Å². The first-order chi connectivity index (χ1) is 6.65. The van der Waals surface area contributed by atoms with E-state index in [1.54, 1.807) is 18.2 Å². The molecule has 1 aromatic carbocycles. The summed E-state index contributed by atoms with van der Waals surface area (Å²) in [6.07, 6.45) is 0. The second kappa shape index (κ2) is 4.73. The Morgan fingerprint density at radius 1 is 1.36 bits per heavy atom. The van der Waals surface area contributed by atoms with E-state index < -0.39 is 6.04 Å². The molecule has 14 heavy (non-hydrogen) atoms. The van der Waals surface area contributed by atoms with Crippen molar-refractivity contribution < 1.29 is 4.39 Å². The van der Waals surface area contributed by atoms with Crippen LogP contribution in [0.1, 0.15) is 25.5 Å². The summed E-state index contributed by atoms with van der Waals surface area (Å²) < 4.78 is 13.3. The third-order valence-corrected chi connectivity index (χ3v) is 1.85. The first-order valence-electron chi connectivity index (χ1n) is 4.55. The summed E-state index contributed by atoms with van der Waals surface area (Å²) in [7, 11) is 0. The average Bonchev–Trinajstić information content (AvgIpc) is 2.15. The second-order valence-electron chi connectivity index (χ2n) is 3.40. The van der Waals surface area contributed by atoms with Gasteiger partial charge in [-0.05, 0) is 19.9 Å². The van der Waals surface area contributed by atoms with E-state index in [2.05, 4.69) is 5.32 Å². The highest BCUT2D eigenvalue weighted by Crippen LogP contribution is 2.16. The van der Waals surface area contributed by atoms with Crippen molar-refractivity contribution >= 4 is 0 Å². The van der Waals surface area contributed by atoms with Crippen molar-refractivity contribution in [1.29, 1.82) is 5.26 Å². The fourth-order valence-electron chi connectivity index (χ4n) is 1.24. The SMILES string of the molecule is CC(C)NC(C#N)c1ccccc1F. The lowest BCUT2D eigenvalue weighted by Crippen LogP contribution is -2.27. The predicted octanol–water partition coefficient (Wildman–Crippen LogP) is 2.39. The van der Waals surface area contributed by atoms with Crippen LogP contribution in [0.4, 0.5) is 4.39 Å². The van der Waals surface area contributed by atoms with Crippen LogP contribution in [0.2, 0.25) is 0 Å². The van der Waals surface area contributed by atoms with E-state index in [0.29, 0.717) is 5.56 Å². The quantitative estimate of drug-likeness (QED) is 0.798. The molecule has 3 heteroatoms. The molecule has 0 radical (unpaired) electrons. The van der Waals surface area contributed by atoms with E-state index in [1.165, 1.54) is 6.07 Å². The van der Waals surface area contributed by atoms with Crippen LogP contribution >= 0.6 is 0 Å². The van der Waals surface area contributed by atoms with E-state index in [0.717, 1.165) is 0 Å². The number of benzene rings is 1. The highest BCUT2D eigenvalue weighted by molar-refractivity contribution is 5.25. The lowest BCUT2D eigenvalue weighted by molar-refractivity contribution is 0.518. The van der Waals surface area contributed by atoms with Gasteiger partial charge in [-0.25, -0.2) is 4.39 Å². The molecule has 0 bridgehead atoms. The van der Waals surface area contributed by atoms with E-state index in [4.69, 9.17) is 5.26 Å². The minimum atomic E-state index is -0.573. The maximum atomic E-state index is 13.3.